The van der Waals surface area contributed by atoms with Crippen LogP contribution in [0.15, 0.2) is 0 Å². The monoisotopic (exact) mass is 356 g/mol. The lowest BCUT2D eigenvalue weighted by atomic mass is 10.0. The quantitative estimate of drug-likeness (QED) is 0.243. The Balaban J connectivity index is 1.86. The van der Waals surface area contributed by atoms with E-state index in [-0.39, 0.29) is 19.8 Å². The molecule has 0 aromatic heterocycles. The van der Waals surface area contributed by atoms with Gasteiger partial charge in [0.25, 0.3) is 0 Å². The van der Waals surface area contributed by atoms with Crippen LogP contribution in [0, 0.1) is 0 Å². The molecule has 0 amide bonds. The van der Waals surface area contributed by atoms with Crippen LogP contribution in [0.3, 0.4) is 0 Å². The summed E-state index contributed by atoms with van der Waals surface area (Å²) >= 11 is 0. The highest BCUT2D eigenvalue weighted by Gasteiger charge is 2.45. The summed E-state index contributed by atoms with van der Waals surface area (Å²) < 4.78 is 20.6. The molecule has 142 valence electrons. The van der Waals surface area contributed by atoms with Gasteiger partial charge in [-0.05, 0) is 0 Å². The highest BCUT2D eigenvalue weighted by atomic mass is 16.7. The fourth-order valence-electron chi connectivity index (χ4n) is 2.36. The molecule has 0 unspecified atom stereocenters. The van der Waals surface area contributed by atoms with Gasteiger partial charge in [0, 0.05) is 0 Å². The van der Waals surface area contributed by atoms with Gasteiger partial charge in [-0.3, -0.25) is 0 Å². The van der Waals surface area contributed by atoms with Crippen LogP contribution in [0.5, 0.6) is 0 Å². The zero-order valence-corrected chi connectivity index (χ0v) is 12.8. The topological polar surface area (TPSA) is 179 Å². The van der Waals surface area contributed by atoms with Gasteiger partial charge in [-0.25, -0.2) is 0 Å². The van der Waals surface area contributed by atoms with Gasteiger partial charge in [0.05, 0.1) is 26.4 Å². The number of hydrogen-bond acceptors (Lipinski definition) is 11. The summed E-state index contributed by atoms with van der Waals surface area (Å²) in [4.78, 5) is 0. The Morgan fingerprint density at radius 1 is 0.875 bits per heavy atom. The van der Waals surface area contributed by atoms with Gasteiger partial charge < -0.3 is 54.7 Å². The maximum absolute atomic E-state index is 10.1. The molecule has 11 nitrogen and oxygen atoms in total. The maximum Gasteiger partial charge on any atom is 0.186 e. The van der Waals surface area contributed by atoms with Crippen molar-refractivity contribution in [2.24, 2.45) is 0 Å². The fraction of sp³-hybridized carbons (Fsp3) is 1.00. The Morgan fingerprint density at radius 3 is 2.17 bits per heavy atom. The first-order valence-corrected chi connectivity index (χ1v) is 7.54. The first kappa shape index (κ1) is 19.9. The number of rotatable bonds is 6. The third-order valence-electron chi connectivity index (χ3n) is 3.86. The van der Waals surface area contributed by atoms with Crippen LogP contribution >= 0.6 is 0 Å². The molecule has 0 bridgehead atoms. The highest BCUT2D eigenvalue weighted by molar-refractivity contribution is 4.87. The van der Waals surface area contributed by atoms with Crippen molar-refractivity contribution in [3.05, 3.63) is 0 Å². The third-order valence-corrected chi connectivity index (χ3v) is 3.86. The van der Waals surface area contributed by atoms with Gasteiger partial charge >= 0.3 is 0 Å². The Hall–Kier alpha value is -0.440. The minimum atomic E-state index is -1.54. The van der Waals surface area contributed by atoms with Crippen molar-refractivity contribution < 1.29 is 54.7 Å². The molecule has 2 fully saturated rings. The van der Waals surface area contributed by atoms with Crippen molar-refractivity contribution in [1.29, 1.82) is 0 Å². The summed E-state index contributed by atoms with van der Waals surface area (Å²) in [6.07, 6.45) is -12.0. The summed E-state index contributed by atoms with van der Waals surface area (Å²) in [7, 11) is 0. The Labute approximate surface area is 137 Å². The van der Waals surface area contributed by atoms with Crippen molar-refractivity contribution in [2.75, 3.05) is 26.4 Å². The molecule has 0 spiro atoms. The molecule has 7 N–H and O–H groups in total. The van der Waals surface area contributed by atoms with Gasteiger partial charge in [0.1, 0.15) is 42.7 Å². The Morgan fingerprint density at radius 2 is 1.50 bits per heavy atom. The van der Waals surface area contributed by atoms with E-state index in [1.54, 1.807) is 0 Å². The zero-order chi connectivity index (χ0) is 17.9. The predicted molar refractivity (Wildman–Crippen MR) is 73.4 cm³/mol. The first-order chi connectivity index (χ1) is 11.3. The molecule has 0 aliphatic carbocycles. The second-order valence-corrected chi connectivity index (χ2v) is 5.78. The maximum atomic E-state index is 10.1. The summed E-state index contributed by atoms with van der Waals surface area (Å²) in [6.45, 7) is -1.31. The van der Waals surface area contributed by atoms with Gasteiger partial charge in [-0.15, -0.1) is 0 Å². The average Bonchev–Trinajstić information content (AvgIpc) is 2.58. The molecular formula is C13H24O11. The summed E-state index contributed by atoms with van der Waals surface area (Å²) in [6, 6.07) is 0. The molecule has 0 saturated carbocycles. The van der Waals surface area contributed by atoms with Crippen molar-refractivity contribution in [3.63, 3.8) is 0 Å². The third kappa shape index (κ3) is 4.59. The molecule has 2 aliphatic heterocycles. The lowest BCUT2D eigenvalue weighted by Gasteiger charge is -2.41. The van der Waals surface area contributed by atoms with Gasteiger partial charge in [-0.2, -0.15) is 0 Å². The molecule has 24 heavy (non-hydrogen) atoms. The molecular weight excluding hydrogens is 332 g/mol. The second-order valence-electron chi connectivity index (χ2n) is 5.78. The Bertz CT molecular complexity index is 383. The van der Waals surface area contributed by atoms with Crippen LogP contribution in [0.1, 0.15) is 0 Å². The van der Waals surface area contributed by atoms with E-state index in [0.29, 0.717) is 0 Å². The SMILES string of the molecule is OC[C@H](O)CO[C@@H]1OC[C@@H](O[C@@H]2OC[C@@H](O)[C@H](O)[C@H]2O)[C@H](O)[C@H]1O. The number of aliphatic hydroxyl groups is 7. The van der Waals surface area contributed by atoms with Gasteiger partial charge in [-0.1, -0.05) is 0 Å². The fourth-order valence-corrected chi connectivity index (χ4v) is 2.36. The molecule has 9 atom stereocenters. The van der Waals surface area contributed by atoms with Crippen molar-refractivity contribution in [2.45, 2.75) is 55.3 Å². The molecule has 2 saturated heterocycles. The van der Waals surface area contributed by atoms with E-state index in [2.05, 4.69) is 0 Å². The van der Waals surface area contributed by atoms with Crippen LogP contribution < -0.4 is 0 Å². The molecule has 11 heteroatoms. The van der Waals surface area contributed by atoms with Crippen molar-refractivity contribution in [3.8, 4) is 0 Å². The minimum Gasteiger partial charge on any atom is -0.394 e. The number of ether oxygens (including phenoxy) is 4. The van der Waals surface area contributed by atoms with E-state index in [0.717, 1.165) is 0 Å². The van der Waals surface area contributed by atoms with Gasteiger partial charge in [0.15, 0.2) is 12.6 Å². The van der Waals surface area contributed by atoms with E-state index in [1.165, 1.54) is 0 Å². The Kier molecular flexibility index (Phi) is 7.27. The molecule has 0 aromatic rings. The molecule has 2 rings (SSSR count). The molecule has 0 radical (unpaired) electrons. The summed E-state index contributed by atoms with van der Waals surface area (Å²) in [5.74, 6) is 0. The highest BCUT2D eigenvalue weighted by Crippen LogP contribution is 2.24. The molecule has 2 heterocycles. The van der Waals surface area contributed by atoms with Crippen LogP contribution in [0.4, 0.5) is 0 Å². The van der Waals surface area contributed by atoms with E-state index in [9.17, 15) is 30.6 Å². The average molecular weight is 356 g/mol. The van der Waals surface area contributed by atoms with Crippen LogP contribution in [-0.2, 0) is 18.9 Å². The number of hydrogen-bond donors (Lipinski definition) is 7. The largest absolute Gasteiger partial charge is 0.394 e. The zero-order valence-electron chi connectivity index (χ0n) is 12.8. The summed E-state index contributed by atoms with van der Waals surface area (Å²) in [5, 5.41) is 66.7. The molecule has 0 aromatic carbocycles. The predicted octanol–water partition coefficient (Wildman–Crippen LogP) is -4.74. The van der Waals surface area contributed by atoms with E-state index in [1.807, 2.05) is 0 Å². The van der Waals surface area contributed by atoms with Crippen molar-refractivity contribution >= 4 is 0 Å². The van der Waals surface area contributed by atoms with Crippen molar-refractivity contribution in [1.82, 2.24) is 0 Å². The van der Waals surface area contributed by atoms with E-state index < -0.39 is 61.9 Å². The second kappa shape index (κ2) is 8.78. The van der Waals surface area contributed by atoms with Crippen LogP contribution in [0.25, 0.3) is 0 Å². The van der Waals surface area contributed by atoms with Gasteiger partial charge in [0.2, 0.25) is 0 Å². The lowest BCUT2D eigenvalue weighted by molar-refractivity contribution is -0.329. The normalized spacial score (nSPS) is 45.1. The van der Waals surface area contributed by atoms with E-state index >= 15 is 0 Å². The van der Waals surface area contributed by atoms with Crippen LogP contribution in [0.2, 0.25) is 0 Å². The smallest absolute Gasteiger partial charge is 0.186 e. The van der Waals surface area contributed by atoms with E-state index in [4.69, 9.17) is 24.1 Å². The standard InChI is InChI=1S/C13H24O11/c14-1-5(15)2-21-12-11(20)9(18)7(4-23-12)24-13-10(19)8(17)6(16)3-22-13/h5-20H,1-4H2/t5-,6+,7+,8-,9-,10+,11+,12+,13-/m0/s1. The minimum absolute atomic E-state index is 0.219. The first-order valence-electron chi connectivity index (χ1n) is 7.54. The summed E-state index contributed by atoms with van der Waals surface area (Å²) in [5.41, 5.74) is 0. The lowest BCUT2D eigenvalue weighted by Crippen LogP contribution is -2.59. The van der Waals surface area contributed by atoms with Crippen LogP contribution in [-0.4, -0.2) is 117 Å². The molecule has 2 aliphatic rings. The number of aliphatic hydroxyl groups excluding tert-OH is 7.